The van der Waals surface area contributed by atoms with E-state index >= 15 is 0 Å². The van der Waals surface area contributed by atoms with Crippen LogP contribution in [0.1, 0.15) is 25.1 Å². The highest BCUT2D eigenvalue weighted by Crippen LogP contribution is 2.34. The SMILES string of the molecule is OC(CCc1ncccn1)C1CC1. The highest BCUT2D eigenvalue weighted by molar-refractivity contribution is 4.90. The molecule has 0 bridgehead atoms. The van der Waals surface area contributed by atoms with Gasteiger partial charge in [0.1, 0.15) is 5.82 Å². The van der Waals surface area contributed by atoms with E-state index in [4.69, 9.17) is 0 Å². The van der Waals surface area contributed by atoms with Crippen LogP contribution < -0.4 is 0 Å². The van der Waals surface area contributed by atoms with Gasteiger partial charge < -0.3 is 5.11 Å². The molecule has 1 aromatic heterocycles. The Labute approximate surface area is 77.8 Å². The minimum atomic E-state index is -0.135. The lowest BCUT2D eigenvalue weighted by Crippen LogP contribution is -2.11. The van der Waals surface area contributed by atoms with Gasteiger partial charge in [-0.1, -0.05) is 0 Å². The van der Waals surface area contributed by atoms with Crippen LogP contribution in [0.15, 0.2) is 18.5 Å². The van der Waals surface area contributed by atoms with Gasteiger partial charge in [0.25, 0.3) is 0 Å². The largest absolute Gasteiger partial charge is 0.393 e. The van der Waals surface area contributed by atoms with Gasteiger partial charge >= 0.3 is 0 Å². The Morgan fingerprint density at radius 1 is 1.38 bits per heavy atom. The van der Waals surface area contributed by atoms with Gasteiger partial charge in [0.15, 0.2) is 0 Å². The van der Waals surface area contributed by atoms with Crippen molar-refractivity contribution in [3.63, 3.8) is 0 Å². The maximum Gasteiger partial charge on any atom is 0.128 e. The predicted octanol–water partition coefficient (Wildman–Crippen LogP) is 1.18. The molecule has 1 aromatic rings. The Balaban J connectivity index is 1.78. The molecule has 0 amide bonds. The second kappa shape index (κ2) is 3.83. The smallest absolute Gasteiger partial charge is 0.128 e. The topological polar surface area (TPSA) is 46.0 Å². The molecule has 70 valence electrons. The minimum absolute atomic E-state index is 0.135. The molecule has 0 spiro atoms. The van der Waals surface area contributed by atoms with Crippen molar-refractivity contribution < 1.29 is 5.11 Å². The molecule has 1 saturated carbocycles. The van der Waals surface area contributed by atoms with Gasteiger partial charge in [0.05, 0.1) is 6.10 Å². The third-order valence-corrected chi connectivity index (χ3v) is 2.45. The van der Waals surface area contributed by atoms with Crippen LogP contribution in [-0.2, 0) is 6.42 Å². The normalized spacial score (nSPS) is 18.5. The molecule has 1 aliphatic carbocycles. The lowest BCUT2D eigenvalue weighted by molar-refractivity contribution is 0.141. The van der Waals surface area contributed by atoms with Crippen LogP contribution in [0.3, 0.4) is 0 Å². The zero-order valence-corrected chi connectivity index (χ0v) is 7.56. The number of hydrogen-bond acceptors (Lipinski definition) is 3. The molecule has 1 N–H and O–H groups in total. The zero-order valence-electron chi connectivity index (χ0n) is 7.56. The first kappa shape index (κ1) is 8.63. The Morgan fingerprint density at radius 2 is 2.08 bits per heavy atom. The van der Waals surface area contributed by atoms with E-state index in [1.165, 1.54) is 12.8 Å². The predicted molar refractivity (Wildman–Crippen MR) is 49.1 cm³/mol. The Morgan fingerprint density at radius 3 is 2.69 bits per heavy atom. The fraction of sp³-hybridized carbons (Fsp3) is 0.600. The van der Waals surface area contributed by atoms with Crippen molar-refractivity contribution in [2.24, 2.45) is 5.92 Å². The molecule has 0 aromatic carbocycles. The summed E-state index contributed by atoms with van der Waals surface area (Å²) in [4.78, 5) is 8.22. The summed E-state index contributed by atoms with van der Waals surface area (Å²) < 4.78 is 0. The van der Waals surface area contributed by atoms with Gasteiger partial charge in [0, 0.05) is 18.8 Å². The molecular weight excluding hydrogens is 164 g/mol. The van der Waals surface area contributed by atoms with Crippen LogP contribution in [0.25, 0.3) is 0 Å². The second-order valence-corrected chi connectivity index (χ2v) is 3.61. The molecule has 1 aliphatic rings. The van der Waals surface area contributed by atoms with Gasteiger partial charge in [0.2, 0.25) is 0 Å². The van der Waals surface area contributed by atoms with Crippen LogP contribution in [-0.4, -0.2) is 21.2 Å². The fourth-order valence-corrected chi connectivity index (χ4v) is 1.45. The summed E-state index contributed by atoms with van der Waals surface area (Å²) in [5.41, 5.74) is 0. The highest BCUT2D eigenvalue weighted by atomic mass is 16.3. The van der Waals surface area contributed by atoms with E-state index in [2.05, 4.69) is 9.97 Å². The average molecular weight is 178 g/mol. The summed E-state index contributed by atoms with van der Waals surface area (Å²) >= 11 is 0. The first-order valence-electron chi connectivity index (χ1n) is 4.80. The van der Waals surface area contributed by atoms with Crippen molar-refractivity contribution in [2.75, 3.05) is 0 Å². The van der Waals surface area contributed by atoms with Crippen LogP contribution in [0.4, 0.5) is 0 Å². The number of rotatable bonds is 4. The van der Waals surface area contributed by atoms with Crippen LogP contribution >= 0.6 is 0 Å². The van der Waals surface area contributed by atoms with Crippen molar-refractivity contribution in [3.8, 4) is 0 Å². The van der Waals surface area contributed by atoms with E-state index in [0.29, 0.717) is 5.92 Å². The van der Waals surface area contributed by atoms with Gasteiger partial charge in [-0.15, -0.1) is 0 Å². The third-order valence-electron chi connectivity index (χ3n) is 2.45. The second-order valence-electron chi connectivity index (χ2n) is 3.61. The number of aliphatic hydroxyl groups is 1. The molecule has 1 atom stereocenters. The summed E-state index contributed by atoms with van der Waals surface area (Å²) in [5.74, 6) is 1.39. The van der Waals surface area contributed by atoms with Gasteiger partial charge in [-0.05, 0) is 31.2 Å². The van der Waals surface area contributed by atoms with E-state index in [1.54, 1.807) is 18.5 Å². The number of hydrogen-bond donors (Lipinski definition) is 1. The van der Waals surface area contributed by atoms with Crippen molar-refractivity contribution in [3.05, 3.63) is 24.3 Å². The number of aromatic nitrogens is 2. The summed E-state index contributed by atoms with van der Waals surface area (Å²) in [5, 5.41) is 9.59. The van der Waals surface area contributed by atoms with Gasteiger partial charge in [-0.25, -0.2) is 9.97 Å². The van der Waals surface area contributed by atoms with E-state index in [0.717, 1.165) is 18.7 Å². The molecule has 1 unspecified atom stereocenters. The molecule has 2 rings (SSSR count). The Bertz CT molecular complexity index is 259. The lowest BCUT2D eigenvalue weighted by Gasteiger charge is -2.06. The van der Waals surface area contributed by atoms with Crippen molar-refractivity contribution in [1.29, 1.82) is 0 Å². The standard InChI is InChI=1S/C10H14N2O/c13-9(8-2-3-8)4-5-10-11-6-1-7-12-10/h1,6-9,13H,2-5H2. The molecule has 13 heavy (non-hydrogen) atoms. The number of aryl methyl sites for hydroxylation is 1. The summed E-state index contributed by atoms with van der Waals surface area (Å²) in [7, 11) is 0. The van der Waals surface area contributed by atoms with E-state index in [-0.39, 0.29) is 6.10 Å². The van der Waals surface area contributed by atoms with E-state index in [1.807, 2.05) is 0 Å². The fourth-order valence-electron chi connectivity index (χ4n) is 1.45. The van der Waals surface area contributed by atoms with Crippen molar-refractivity contribution in [2.45, 2.75) is 31.8 Å². The molecule has 3 heteroatoms. The molecule has 0 aliphatic heterocycles. The molecule has 0 saturated heterocycles. The summed E-state index contributed by atoms with van der Waals surface area (Å²) in [6, 6.07) is 1.81. The number of nitrogens with zero attached hydrogens (tertiary/aromatic N) is 2. The van der Waals surface area contributed by atoms with Gasteiger partial charge in [-0.2, -0.15) is 0 Å². The Hall–Kier alpha value is -0.960. The third kappa shape index (κ3) is 2.49. The molecule has 1 heterocycles. The van der Waals surface area contributed by atoms with E-state index in [9.17, 15) is 5.11 Å². The molecule has 3 nitrogen and oxygen atoms in total. The van der Waals surface area contributed by atoms with Crippen LogP contribution in [0.5, 0.6) is 0 Å². The summed E-state index contributed by atoms with van der Waals surface area (Å²) in [6.45, 7) is 0. The zero-order chi connectivity index (χ0) is 9.10. The highest BCUT2D eigenvalue weighted by Gasteiger charge is 2.29. The first-order chi connectivity index (χ1) is 6.36. The van der Waals surface area contributed by atoms with Crippen molar-refractivity contribution >= 4 is 0 Å². The lowest BCUT2D eigenvalue weighted by atomic mass is 10.1. The molecule has 0 radical (unpaired) electrons. The summed E-state index contributed by atoms with van der Waals surface area (Å²) in [6.07, 6.45) is 7.32. The first-order valence-corrected chi connectivity index (χ1v) is 4.80. The monoisotopic (exact) mass is 178 g/mol. The molecule has 1 fully saturated rings. The molecular formula is C10H14N2O. The average Bonchev–Trinajstić information content (AvgIpc) is 2.99. The van der Waals surface area contributed by atoms with Crippen molar-refractivity contribution in [1.82, 2.24) is 9.97 Å². The minimum Gasteiger partial charge on any atom is -0.393 e. The van der Waals surface area contributed by atoms with Crippen LogP contribution in [0.2, 0.25) is 0 Å². The van der Waals surface area contributed by atoms with Crippen LogP contribution in [0, 0.1) is 5.92 Å². The maximum atomic E-state index is 9.59. The quantitative estimate of drug-likeness (QED) is 0.753. The van der Waals surface area contributed by atoms with E-state index < -0.39 is 0 Å². The van der Waals surface area contributed by atoms with Gasteiger partial charge in [-0.3, -0.25) is 0 Å². The maximum absolute atomic E-state index is 9.59. The Kier molecular flexibility index (Phi) is 2.54. The number of aliphatic hydroxyl groups excluding tert-OH is 1.